The fourth-order valence-electron chi connectivity index (χ4n) is 1.24. The predicted molar refractivity (Wildman–Crippen MR) is 66.4 cm³/mol. The summed E-state index contributed by atoms with van der Waals surface area (Å²) in [6.45, 7) is 0. The maximum absolute atomic E-state index is 13.2. The number of hydrogen-bond donors (Lipinski definition) is 1. The molecule has 2 aromatic rings. The first kappa shape index (κ1) is 12.7. The summed E-state index contributed by atoms with van der Waals surface area (Å²) in [7, 11) is 0. The van der Waals surface area contributed by atoms with Crippen molar-refractivity contribution in [1.82, 2.24) is 9.97 Å². The van der Waals surface area contributed by atoms with E-state index in [-0.39, 0.29) is 21.6 Å². The van der Waals surface area contributed by atoms with Gasteiger partial charge in [-0.05, 0) is 12.1 Å². The lowest BCUT2D eigenvalue weighted by molar-refractivity contribution is 0.102. The normalized spacial score (nSPS) is 10.2. The Morgan fingerprint density at radius 1 is 1.22 bits per heavy atom. The van der Waals surface area contributed by atoms with Crippen LogP contribution < -0.4 is 5.32 Å². The van der Waals surface area contributed by atoms with Gasteiger partial charge < -0.3 is 5.32 Å². The Hall–Kier alpha value is -1.72. The number of hydrogen-bond acceptors (Lipinski definition) is 3. The summed E-state index contributed by atoms with van der Waals surface area (Å²) >= 11 is 11.2. The smallest absolute Gasteiger partial charge is 0.258 e. The minimum atomic E-state index is -0.661. The van der Waals surface area contributed by atoms with Crippen LogP contribution in [0.1, 0.15) is 10.4 Å². The SMILES string of the molecule is O=C(Nc1cnc(Cl)cn1)c1cccc(F)c1Cl. The van der Waals surface area contributed by atoms with Crippen molar-refractivity contribution in [1.29, 1.82) is 0 Å². The number of rotatable bonds is 2. The van der Waals surface area contributed by atoms with Gasteiger partial charge in [-0.3, -0.25) is 4.79 Å². The Morgan fingerprint density at radius 3 is 2.67 bits per heavy atom. The second-order valence-electron chi connectivity index (χ2n) is 3.28. The largest absolute Gasteiger partial charge is 0.305 e. The van der Waals surface area contributed by atoms with E-state index in [1.165, 1.54) is 30.6 Å². The number of carbonyl (C=O) groups is 1. The molecule has 0 aliphatic heterocycles. The van der Waals surface area contributed by atoms with Crippen LogP contribution in [0.4, 0.5) is 10.2 Å². The molecular weight excluding hydrogens is 280 g/mol. The summed E-state index contributed by atoms with van der Waals surface area (Å²) < 4.78 is 13.2. The number of carbonyl (C=O) groups excluding carboxylic acids is 1. The van der Waals surface area contributed by atoms with E-state index in [2.05, 4.69) is 15.3 Å². The van der Waals surface area contributed by atoms with Crippen LogP contribution in [0.25, 0.3) is 0 Å². The van der Waals surface area contributed by atoms with E-state index in [1.54, 1.807) is 0 Å². The standard InChI is InChI=1S/C11H6Cl2FN3O/c12-8-4-16-9(5-15-8)17-11(18)6-2-1-3-7(14)10(6)13/h1-5H,(H,16,17,18). The molecule has 0 fully saturated rings. The number of nitrogens with one attached hydrogen (secondary N) is 1. The van der Waals surface area contributed by atoms with Gasteiger partial charge in [0.25, 0.3) is 5.91 Å². The van der Waals surface area contributed by atoms with Crippen molar-refractivity contribution in [2.45, 2.75) is 0 Å². The van der Waals surface area contributed by atoms with E-state index in [0.717, 1.165) is 0 Å². The highest BCUT2D eigenvalue weighted by atomic mass is 35.5. The van der Waals surface area contributed by atoms with Crippen molar-refractivity contribution >= 4 is 34.9 Å². The molecule has 18 heavy (non-hydrogen) atoms. The van der Waals surface area contributed by atoms with Crippen LogP contribution in [-0.4, -0.2) is 15.9 Å². The number of benzene rings is 1. The molecule has 0 saturated heterocycles. The lowest BCUT2D eigenvalue weighted by Crippen LogP contribution is -2.14. The van der Waals surface area contributed by atoms with Crippen LogP contribution in [0.2, 0.25) is 10.2 Å². The molecule has 0 aliphatic carbocycles. The summed E-state index contributed by atoms with van der Waals surface area (Å²) in [6.07, 6.45) is 2.57. The van der Waals surface area contributed by atoms with Crippen molar-refractivity contribution in [2.24, 2.45) is 0 Å². The second kappa shape index (κ2) is 5.29. The third kappa shape index (κ3) is 2.75. The average molecular weight is 286 g/mol. The van der Waals surface area contributed by atoms with E-state index < -0.39 is 11.7 Å². The monoisotopic (exact) mass is 285 g/mol. The zero-order valence-corrected chi connectivity index (χ0v) is 10.3. The van der Waals surface area contributed by atoms with E-state index in [9.17, 15) is 9.18 Å². The zero-order chi connectivity index (χ0) is 13.1. The molecule has 1 N–H and O–H groups in total. The van der Waals surface area contributed by atoms with Crippen molar-refractivity contribution in [2.75, 3.05) is 5.32 Å². The molecule has 0 unspecified atom stereocenters. The molecule has 4 nitrogen and oxygen atoms in total. The molecule has 92 valence electrons. The minimum Gasteiger partial charge on any atom is -0.305 e. The van der Waals surface area contributed by atoms with E-state index >= 15 is 0 Å². The molecular formula is C11H6Cl2FN3O. The maximum Gasteiger partial charge on any atom is 0.258 e. The molecule has 0 atom stereocenters. The fourth-order valence-corrected chi connectivity index (χ4v) is 1.55. The fraction of sp³-hybridized carbons (Fsp3) is 0. The van der Waals surface area contributed by atoms with Gasteiger partial charge in [0.2, 0.25) is 0 Å². The van der Waals surface area contributed by atoms with Crippen LogP contribution in [0.15, 0.2) is 30.6 Å². The molecule has 1 amide bonds. The van der Waals surface area contributed by atoms with Crippen molar-refractivity contribution in [3.8, 4) is 0 Å². The molecule has 0 aliphatic rings. The Kier molecular flexibility index (Phi) is 3.74. The molecule has 2 rings (SSSR count). The van der Waals surface area contributed by atoms with Crippen molar-refractivity contribution in [3.63, 3.8) is 0 Å². The first-order chi connectivity index (χ1) is 8.58. The average Bonchev–Trinajstić information content (AvgIpc) is 2.35. The highest BCUT2D eigenvalue weighted by Gasteiger charge is 2.14. The van der Waals surface area contributed by atoms with Gasteiger partial charge in [0.05, 0.1) is 23.0 Å². The van der Waals surface area contributed by atoms with Gasteiger partial charge in [-0.15, -0.1) is 0 Å². The van der Waals surface area contributed by atoms with Crippen LogP contribution in [0, 0.1) is 5.82 Å². The Bertz CT molecular complexity index is 589. The van der Waals surface area contributed by atoms with E-state index in [1.807, 2.05) is 0 Å². The summed E-state index contributed by atoms with van der Waals surface area (Å²) in [5, 5.41) is 2.40. The minimum absolute atomic E-state index is 0.0217. The molecule has 7 heteroatoms. The second-order valence-corrected chi connectivity index (χ2v) is 4.05. The topological polar surface area (TPSA) is 54.9 Å². The van der Waals surface area contributed by atoms with E-state index in [4.69, 9.17) is 23.2 Å². The van der Waals surface area contributed by atoms with Gasteiger partial charge in [0, 0.05) is 0 Å². The Morgan fingerprint density at radius 2 is 2.00 bits per heavy atom. The van der Waals surface area contributed by atoms with Gasteiger partial charge in [-0.1, -0.05) is 29.3 Å². The Labute approximate surface area is 112 Å². The number of aromatic nitrogens is 2. The van der Waals surface area contributed by atoms with Crippen LogP contribution >= 0.6 is 23.2 Å². The molecule has 1 aromatic heterocycles. The Balaban J connectivity index is 2.22. The van der Waals surface area contributed by atoms with E-state index in [0.29, 0.717) is 0 Å². The quantitative estimate of drug-likeness (QED) is 0.922. The van der Waals surface area contributed by atoms with Gasteiger partial charge >= 0.3 is 0 Å². The predicted octanol–water partition coefficient (Wildman–Crippen LogP) is 3.17. The third-order valence-corrected chi connectivity index (χ3v) is 2.64. The van der Waals surface area contributed by atoms with Crippen LogP contribution in [0.5, 0.6) is 0 Å². The lowest BCUT2D eigenvalue weighted by atomic mass is 10.2. The molecule has 0 spiro atoms. The number of anilines is 1. The highest BCUT2D eigenvalue weighted by Crippen LogP contribution is 2.20. The summed E-state index contributed by atoms with van der Waals surface area (Å²) in [5.74, 6) is -1.03. The molecule has 0 bridgehead atoms. The first-order valence-electron chi connectivity index (χ1n) is 4.81. The summed E-state index contributed by atoms with van der Waals surface area (Å²) in [4.78, 5) is 19.4. The number of halogens is 3. The van der Waals surface area contributed by atoms with Crippen molar-refractivity contribution < 1.29 is 9.18 Å². The van der Waals surface area contributed by atoms with Gasteiger partial charge in [0.1, 0.15) is 11.0 Å². The van der Waals surface area contributed by atoms with Gasteiger partial charge in [-0.25, -0.2) is 14.4 Å². The molecule has 1 heterocycles. The van der Waals surface area contributed by atoms with Crippen LogP contribution in [0.3, 0.4) is 0 Å². The first-order valence-corrected chi connectivity index (χ1v) is 5.56. The summed E-state index contributed by atoms with van der Waals surface area (Å²) in [6, 6.07) is 3.97. The highest BCUT2D eigenvalue weighted by molar-refractivity contribution is 6.34. The van der Waals surface area contributed by atoms with Crippen LogP contribution in [-0.2, 0) is 0 Å². The molecule has 0 saturated carbocycles. The number of nitrogens with zero attached hydrogens (tertiary/aromatic N) is 2. The van der Waals surface area contributed by atoms with Gasteiger partial charge in [0.15, 0.2) is 5.82 Å². The summed E-state index contributed by atoms with van der Waals surface area (Å²) in [5.41, 5.74) is 0.0217. The molecule has 0 radical (unpaired) electrons. The lowest BCUT2D eigenvalue weighted by Gasteiger charge is -2.05. The molecule has 1 aromatic carbocycles. The zero-order valence-electron chi connectivity index (χ0n) is 8.82. The number of amides is 1. The third-order valence-electron chi connectivity index (χ3n) is 2.06. The van der Waals surface area contributed by atoms with Gasteiger partial charge in [-0.2, -0.15) is 0 Å². The van der Waals surface area contributed by atoms with Crippen molar-refractivity contribution in [3.05, 3.63) is 52.1 Å². The maximum atomic E-state index is 13.2.